The Morgan fingerprint density at radius 2 is 1.71 bits per heavy atom. The van der Waals surface area contributed by atoms with E-state index in [1.54, 1.807) is 24.3 Å². The van der Waals surface area contributed by atoms with Crippen LogP contribution in [0.1, 0.15) is 27.7 Å². The Kier molecular flexibility index (Phi) is 5.98. The van der Waals surface area contributed by atoms with Gasteiger partial charge in [0.15, 0.2) is 0 Å². The van der Waals surface area contributed by atoms with Gasteiger partial charge in [-0.05, 0) is 35.9 Å². The number of carbonyl (C=O) groups excluding carboxylic acids is 2. The van der Waals surface area contributed by atoms with Crippen LogP contribution in [0.4, 0.5) is 0 Å². The van der Waals surface area contributed by atoms with Gasteiger partial charge in [-0.25, -0.2) is 0 Å². The van der Waals surface area contributed by atoms with Crippen LogP contribution < -0.4 is 15.4 Å². The van der Waals surface area contributed by atoms with Crippen molar-refractivity contribution in [3.63, 3.8) is 0 Å². The molecule has 6 heteroatoms. The number of fused-ring (bicyclic) bond motifs is 1. The van der Waals surface area contributed by atoms with Crippen molar-refractivity contribution < 1.29 is 18.7 Å². The first-order valence-electron chi connectivity index (χ1n) is 9.89. The van der Waals surface area contributed by atoms with Crippen molar-refractivity contribution in [1.82, 2.24) is 10.6 Å². The molecular formula is C25H22N2O4. The topological polar surface area (TPSA) is 80.6 Å². The minimum Gasteiger partial charge on any atom is -0.497 e. The molecule has 1 heterocycles. The lowest BCUT2D eigenvalue weighted by Gasteiger charge is -2.17. The van der Waals surface area contributed by atoms with Gasteiger partial charge in [-0.3, -0.25) is 9.59 Å². The number of furan rings is 1. The average molecular weight is 414 g/mol. The van der Waals surface area contributed by atoms with Gasteiger partial charge in [0.1, 0.15) is 23.1 Å². The number of para-hydroxylation sites is 1. The molecule has 4 rings (SSSR count). The Morgan fingerprint density at radius 1 is 0.935 bits per heavy atom. The molecule has 31 heavy (non-hydrogen) atoms. The van der Waals surface area contributed by atoms with Gasteiger partial charge in [-0.15, -0.1) is 0 Å². The standard InChI is InChI=1S/C25H22N2O4/c1-30-20-12-7-11-19(14-20)25(29)26-16-23(28)27-24(17-8-3-2-4-9-17)22-15-18-10-5-6-13-21(18)31-22/h2-15,24H,16H2,1H3,(H,26,29)(H,27,28). The van der Waals surface area contributed by atoms with Crippen LogP contribution >= 0.6 is 0 Å². The van der Waals surface area contributed by atoms with Crippen LogP contribution in [0.3, 0.4) is 0 Å². The number of hydrogen-bond acceptors (Lipinski definition) is 4. The molecule has 0 spiro atoms. The monoisotopic (exact) mass is 414 g/mol. The van der Waals surface area contributed by atoms with Gasteiger partial charge < -0.3 is 19.8 Å². The molecule has 0 radical (unpaired) electrons. The molecule has 2 N–H and O–H groups in total. The highest BCUT2D eigenvalue weighted by atomic mass is 16.5. The van der Waals surface area contributed by atoms with Crippen LogP contribution in [0.25, 0.3) is 11.0 Å². The maximum absolute atomic E-state index is 12.7. The van der Waals surface area contributed by atoms with Crippen LogP contribution in [0, 0.1) is 0 Å². The molecule has 156 valence electrons. The fraction of sp³-hybridized carbons (Fsp3) is 0.120. The summed E-state index contributed by atoms with van der Waals surface area (Å²) in [4.78, 5) is 25.1. The largest absolute Gasteiger partial charge is 0.497 e. The molecule has 4 aromatic rings. The van der Waals surface area contributed by atoms with E-state index in [0.29, 0.717) is 17.1 Å². The van der Waals surface area contributed by atoms with E-state index < -0.39 is 6.04 Å². The first-order chi connectivity index (χ1) is 15.1. The predicted octanol–water partition coefficient (Wildman–Crippen LogP) is 4.08. The smallest absolute Gasteiger partial charge is 0.251 e. The molecule has 2 amide bonds. The molecule has 0 aliphatic rings. The molecule has 0 saturated carbocycles. The summed E-state index contributed by atoms with van der Waals surface area (Å²) in [6, 6.07) is 25.5. The second-order valence-corrected chi connectivity index (χ2v) is 7.01. The molecule has 0 saturated heterocycles. The number of ether oxygens (including phenoxy) is 1. The number of nitrogens with one attached hydrogen (secondary N) is 2. The van der Waals surface area contributed by atoms with E-state index in [4.69, 9.17) is 9.15 Å². The van der Waals surface area contributed by atoms with Gasteiger partial charge in [0, 0.05) is 10.9 Å². The summed E-state index contributed by atoms with van der Waals surface area (Å²) in [5, 5.41) is 6.57. The van der Waals surface area contributed by atoms with E-state index in [9.17, 15) is 9.59 Å². The highest BCUT2D eigenvalue weighted by Gasteiger charge is 2.21. The second kappa shape index (κ2) is 9.17. The maximum Gasteiger partial charge on any atom is 0.251 e. The van der Waals surface area contributed by atoms with E-state index in [2.05, 4.69) is 10.6 Å². The van der Waals surface area contributed by atoms with Crippen molar-refractivity contribution >= 4 is 22.8 Å². The lowest BCUT2D eigenvalue weighted by molar-refractivity contribution is -0.120. The van der Waals surface area contributed by atoms with E-state index >= 15 is 0 Å². The van der Waals surface area contributed by atoms with Gasteiger partial charge >= 0.3 is 0 Å². The fourth-order valence-electron chi connectivity index (χ4n) is 3.35. The zero-order chi connectivity index (χ0) is 21.6. The van der Waals surface area contributed by atoms with Crippen molar-refractivity contribution in [2.45, 2.75) is 6.04 Å². The first kappa shape index (κ1) is 20.2. The normalized spacial score (nSPS) is 11.6. The van der Waals surface area contributed by atoms with Crippen molar-refractivity contribution in [2.24, 2.45) is 0 Å². The fourth-order valence-corrected chi connectivity index (χ4v) is 3.35. The lowest BCUT2D eigenvalue weighted by Crippen LogP contribution is -2.38. The molecule has 3 aromatic carbocycles. The third kappa shape index (κ3) is 4.75. The molecule has 0 aliphatic heterocycles. The van der Waals surface area contributed by atoms with Crippen molar-refractivity contribution in [1.29, 1.82) is 0 Å². The van der Waals surface area contributed by atoms with Crippen LogP contribution in [0.15, 0.2) is 89.3 Å². The summed E-state index contributed by atoms with van der Waals surface area (Å²) in [5.74, 6) is 0.519. The van der Waals surface area contributed by atoms with E-state index in [0.717, 1.165) is 16.5 Å². The molecule has 0 fully saturated rings. The molecular weight excluding hydrogens is 392 g/mol. The minimum atomic E-state index is -0.477. The van der Waals surface area contributed by atoms with Crippen LogP contribution in [0.5, 0.6) is 5.75 Å². The van der Waals surface area contributed by atoms with Gasteiger partial charge in [0.2, 0.25) is 5.91 Å². The Bertz CT molecular complexity index is 1170. The highest BCUT2D eigenvalue weighted by Crippen LogP contribution is 2.28. The molecule has 1 aromatic heterocycles. The number of rotatable bonds is 7. The Hall–Kier alpha value is -4.06. The SMILES string of the molecule is COc1cccc(C(=O)NCC(=O)NC(c2ccccc2)c2cc3ccccc3o2)c1. The van der Waals surface area contributed by atoms with Gasteiger partial charge in [-0.2, -0.15) is 0 Å². The van der Waals surface area contributed by atoms with Crippen LogP contribution in [-0.4, -0.2) is 25.5 Å². The number of hydrogen-bond donors (Lipinski definition) is 2. The third-order valence-corrected chi connectivity index (χ3v) is 4.91. The number of benzene rings is 3. The van der Waals surface area contributed by atoms with E-state index in [1.807, 2.05) is 60.7 Å². The zero-order valence-electron chi connectivity index (χ0n) is 17.0. The van der Waals surface area contributed by atoms with Crippen molar-refractivity contribution in [3.8, 4) is 5.75 Å². The third-order valence-electron chi connectivity index (χ3n) is 4.91. The maximum atomic E-state index is 12.7. The predicted molar refractivity (Wildman–Crippen MR) is 118 cm³/mol. The first-order valence-corrected chi connectivity index (χ1v) is 9.89. The molecule has 0 bridgehead atoms. The number of amides is 2. The molecule has 0 aliphatic carbocycles. The van der Waals surface area contributed by atoms with Crippen molar-refractivity contribution in [2.75, 3.05) is 13.7 Å². The van der Waals surface area contributed by atoms with Gasteiger partial charge in [0.05, 0.1) is 13.7 Å². The highest BCUT2D eigenvalue weighted by molar-refractivity contribution is 5.96. The molecule has 1 unspecified atom stereocenters. The Labute approximate surface area is 179 Å². The lowest BCUT2D eigenvalue weighted by atomic mass is 10.0. The van der Waals surface area contributed by atoms with E-state index in [1.165, 1.54) is 7.11 Å². The van der Waals surface area contributed by atoms with Crippen molar-refractivity contribution in [3.05, 3.63) is 102 Å². The number of carbonyl (C=O) groups is 2. The summed E-state index contributed by atoms with van der Waals surface area (Å²) in [6.45, 7) is -0.167. The molecule has 1 atom stereocenters. The summed E-state index contributed by atoms with van der Waals surface area (Å²) in [6.07, 6.45) is 0. The zero-order valence-corrected chi connectivity index (χ0v) is 17.0. The summed E-state index contributed by atoms with van der Waals surface area (Å²) >= 11 is 0. The van der Waals surface area contributed by atoms with E-state index in [-0.39, 0.29) is 18.4 Å². The Morgan fingerprint density at radius 3 is 2.48 bits per heavy atom. The summed E-state index contributed by atoms with van der Waals surface area (Å²) in [7, 11) is 1.53. The molecule has 6 nitrogen and oxygen atoms in total. The summed E-state index contributed by atoms with van der Waals surface area (Å²) in [5.41, 5.74) is 2.05. The second-order valence-electron chi connectivity index (χ2n) is 7.01. The van der Waals surface area contributed by atoms with Crippen LogP contribution in [0.2, 0.25) is 0 Å². The number of methoxy groups -OCH3 is 1. The van der Waals surface area contributed by atoms with Crippen LogP contribution in [-0.2, 0) is 4.79 Å². The summed E-state index contributed by atoms with van der Waals surface area (Å²) < 4.78 is 11.1. The Balaban J connectivity index is 1.49. The van der Waals surface area contributed by atoms with Gasteiger partial charge in [0.25, 0.3) is 5.91 Å². The van der Waals surface area contributed by atoms with Gasteiger partial charge in [-0.1, -0.05) is 54.6 Å². The average Bonchev–Trinajstić information content (AvgIpc) is 3.25. The quantitative estimate of drug-likeness (QED) is 0.478. The minimum absolute atomic E-state index is 0.167.